The summed E-state index contributed by atoms with van der Waals surface area (Å²) in [6.07, 6.45) is 2.44. The van der Waals surface area contributed by atoms with E-state index in [-0.39, 0.29) is 35.0 Å². The van der Waals surface area contributed by atoms with Crippen molar-refractivity contribution in [2.75, 3.05) is 13.1 Å². The number of thioether (sulfide) groups is 1. The van der Waals surface area contributed by atoms with Gasteiger partial charge in [-0.05, 0) is 60.5 Å². The van der Waals surface area contributed by atoms with Gasteiger partial charge < -0.3 is 5.32 Å². The van der Waals surface area contributed by atoms with Crippen LogP contribution in [0.1, 0.15) is 32.6 Å². The van der Waals surface area contributed by atoms with Gasteiger partial charge in [-0.25, -0.2) is 4.39 Å². The zero-order chi connectivity index (χ0) is 20.3. The molecule has 28 heavy (non-hydrogen) atoms. The van der Waals surface area contributed by atoms with Crippen molar-refractivity contribution >= 4 is 46.2 Å². The number of amides is 3. The molecule has 0 spiro atoms. The Hall–Kier alpha value is -2.45. The summed E-state index contributed by atoms with van der Waals surface area (Å²) in [5.41, 5.74) is 1.73. The van der Waals surface area contributed by atoms with Crippen LogP contribution in [0.15, 0.2) is 35.2 Å². The molecule has 1 aliphatic heterocycles. The second-order valence-corrected chi connectivity index (χ2v) is 8.34. The molecule has 2 heterocycles. The van der Waals surface area contributed by atoms with Gasteiger partial charge in [0.05, 0.1) is 9.78 Å². The lowest BCUT2D eigenvalue weighted by Crippen LogP contribution is -2.37. The molecule has 8 heteroatoms. The largest absolute Gasteiger partial charge is 0.350 e. The highest BCUT2D eigenvalue weighted by Gasteiger charge is 2.34. The molecule has 3 amide bonds. The molecule has 1 aromatic carbocycles. The van der Waals surface area contributed by atoms with Gasteiger partial charge in [0.2, 0.25) is 0 Å². The number of nitrogens with one attached hydrogen (secondary N) is 1. The van der Waals surface area contributed by atoms with Crippen molar-refractivity contribution in [1.82, 2.24) is 10.2 Å². The lowest BCUT2D eigenvalue weighted by atomic mass is 10.2. The Morgan fingerprint density at radius 1 is 1.25 bits per heavy atom. The second kappa shape index (κ2) is 8.70. The van der Waals surface area contributed by atoms with Crippen LogP contribution in [0.25, 0.3) is 6.08 Å². The van der Waals surface area contributed by atoms with Gasteiger partial charge in [-0.1, -0.05) is 19.1 Å². The van der Waals surface area contributed by atoms with E-state index in [1.807, 2.05) is 19.9 Å². The number of halogens is 1. The number of rotatable bonds is 6. The maximum absolute atomic E-state index is 13.0. The van der Waals surface area contributed by atoms with E-state index >= 15 is 0 Å². The quantitative estimate of drug-likeness (QED) is 0.713. The number of hydrogen-bond acceptors (Lipinski definition) is 5. The molecule has 0 unspecified atom stereocenters. The fourth-order valence-electron chi connectivity index (χ4n) is 2.75. The van der Waals surface area contributed by atoms with Gasteiger partial charge in [0.25, 0.3) is 17.1 Å². The normalized spacial score (nSPS) is 15.5. The highest BCUT2D eigenvalue weighted by molar-refractivity contribution is 8.18. The molecule has 1 N–H and O–H groups in total. The number of imide groups is 1. The molecule has 146 valence electrons. The molecule has 3 rings (SSSR count). The van der Waals surface area contributed by atoms with Crippen molar-refractivity contribution in [3.05, 3.63) is 61.9 Å². The maximum atomic E-state index is 13.0. The maximum Gasteiger partial charge on any atom is 0.293 e. The Balaban J connectivity index is 1.58. The van der Waals surface area contributed by atoms with Gasteiger partial charge >= 0.3 is 0 Å². The Morgan fingerprint density at radius 3 is 2.61 bits per heavy atom. The SMILES string of the molecule is CCc1sc(C(=O)NCCN2C(=O)S/C(=C\c3ccc(F)cc3)C2=O)cc1C. The first-order valence-electron chi connectivity index (χ1n) is 8.77. The van der Waals surface area contributed by atoms with E-state index in [1.165, 1.54) is 40.5 Å². The Labute approximate surface area is 170 Å². The lowest BCUT2D eigenvalue weighted by molar-refractivity contribution is -0.122. The monoisotopic (exact) mass is 418 g/mol. The number of aryl methyl sites for hydroxylation is 2. The Bertz CT molecular complexity index is 951. The van der Waals surface area contributed by atoms with Crippen LogP contribution >= 0.6 is 23.1 Å². The van der Waals surface area contributed by atoms with Gasteiger partial charge in [-0.15, -0.1) is 11.3 Å². The summed E-state index contributed by atoms with van der Waals surface area (Å²) < 4.78 is 13.0. The molecule has 1 aliphatic rings. The van der Waals surface area contributed by atoms with Crippen LogP contribution in [0.4, 0.5) is 9.18 Å². The van der Waals surface area contributed by atoms with Gasteiger partial charge in [0, 0.05) is 18.0 Å². The third-order valence-electron chi connectivity index (χ3n) is 4.23. The number of thiophene rings is 1. The zero-order valence-corrected chi connectivity index (χ0v) is 17.1. The summed E-state index contributed by atoms with van der Waals surface area (Å²) in [6, 6.07) is 7.52. The van der Waals surface area contributed by atoms with Crippen molar-refractivity contribution < 1.29 is 18.8 Å². The molecule has 1 aromatic heterocycles. The highest BCUT2D eigenvalue weighted by atomic mass is 32.2. The van der Waals surface area contributed by atoms with E-state index in [4.69, 9.17) is 0 Å². The van der Waals surface area contributed by atoms with Crippen molar-refractivity contribution in [2.45, 2.75) is 20.3 Å². The number of carbonyl (C=O) groups excluding carboxylic acids is 3. The molecule has 0 saturated carbocycles. The summed E-state index contributed by atoms with van der Waals surface area (Å²) in [4.78, 5) is 40.0. The van der Waals surface area contributed by atoms with Gasteiger partial charge in [-0.3, -0.25) is 19.3 Å². The Morgan fingerprint density at radius 2 is 1.96 bits per heavy atom. The molecule has 2 aromatic rings. The van der Waals surface area contributed by atoms with Crippen LogP contribution in [0.2, 0.25) is 0 Å². The van der Waals surface area contributed by atoms with E-state index < -0.39 is 5.91 Å². The lowest BCUT2D eigenvalue weighted by Gasteiger charge is -2.12. The molecule has 1 fully saturated rings. The number of carbonyl (C=O) groups is 3. The standard InChI is InChI=1S/C20H19FN2O3S2/c1-3-15-12(2)10-16(27-15)18(24)22-8-9-23-19(25)17(28-20(23)26)11-13-4-6-14(21)7-5-13/h4-7,10-11H,3,8-9H2,1-2H3,(H,22,24)/b17-11-. The van der Waals surface area contributed by atoms with Crippen molar-refractivity contribution in [3.8, 4) is 0 Å². The predicted octanol–water partition coefficient (Wildman–Crippen LogP) is 4.22. The Kier molecular flexibility index (Phi) is 6.31. The van der Waals surface area contributed by atoms with Crippen molar-refractivity contribution in [2.24, 2.45) is 0 Å². The van der Waals surface area contributed by atoms with E-state index in [0.717, 1.165) is 28.6 Å². The van der Waals surface area contributed by atoms with E-state index in [9.17, 15) is 18.8 Å². The van der Waals surface area contributed by atoms with Crippen LogP contribution in [0, 0.1) is 12.7 Å². The molecule has 1 saturated heterocycles. The smallest absolute Gasteiger partial charge is 0.293 e. The average molecular weight is 419 g/mol. The van der Waals surface area contributed by atoms with Gasteiger partial charge in [0.1, 0.15) is 5.82 Å². The molecule has 0 atom stereocenters. The minimum absolute atomic E-state index is 0.0994. The average Bonchev–Trinajstić information content (AvgIpc) is 3.17. The minimum atomic E-state index is -0.409. The number of benzene rings is 1. The summed E-state index contributed by atoms with van der Waals surface area (Å²) in [7, 11) is 0. The summed E-state index contributed by atoms with van der Waals surface area (Å²) in [5, 5.41) is 2.38. The summed E-state index contributed by atoms with van der Waals surface area (Å²) >= 11 is 2.29. The van der Waals surface area contributed by atoms with Crippen LogP contribution < -0.4 is 5.32 Å². The molecular formula is C20H19FN2O3S2. The number of hydrogen-bond donors (Lipinski definition) is 1. The fraction of sp³-hybridized carbons (Fsp3) is 0.250. The molecule has 0 bridgehead atoms. The van der Waals surface area contributed by atoms with E-state index in [1.54, 1.807) is 6.08 Å². The van der Waals surface area contributed by atoms with Gasteiger partial charge in [0.15, 0.2) is 0 Å². The first-order valence-corrected chi connectivity index (χ1v) is 10.4. The van der Waals surface area contributed by atoms with Crippen LogP contribution in [0.3, 0.4) is 0 Å². The second-order valence-electron chi connectivity index (χ2n) is 6.21. The molecule has 5 nitrogen and oxygen atoms in total. The van der Waals surface area contributed by atoms with Gasteiger partial charge in [-0.2, -0.15) is 0 Å². The summed E-state index contributed by atoms with van der Waals surface area (Å²) in [6.45, 7) is 4.29. The van der Waals surface area contributed by atoms with Crippen molar-refractivity contribution in [3.63, 3.8) is 0 Å². The molecular weight excluding hydrogens is 399 g/mol. The predicted molar refractivity (Wildman–Crippen MR) is 110 cm³/mol. The minimum Gasteiger partial charge on any atom is -0.350 e. The third-order valence-corrected chi connectivity index (χ3v) is 6.52. The first kappa shape index (κ1) is 20.3. The van der Waals surface area contributed by atoms with Crippen LogP contribution in [-0.2, 0) is 11.2 Å². The topological polar surface area (TPSA) is 66.5 Å². The highest BCUT2D eigenvalue weighted by Crippen LogP contribution is 2.32. The zero-order valence-electron chi connectivity index (χ0n) is 15.5. The first-order chi connectivity index (χ1) is 13.4. The summed E-state index contributed by atoms with van der Waals surface area (Å²) in [5.74, 6) is -0.983. The fourth-order valence-corrected chi connectivity index (χ4v) is 4.65. The van der Waals surface area contributed by atoms with E-state index in [2.05, 4.69) is 5.32 Å². The molecule has 0 aliphatic carbocycles. The van der Waals surface area contributed by atoms with Crippen molar-refractivity contribution in [1.29, 1.82) is 0 Å². The number of nitrogens with zero attached hydrogens (tertiary/aromatic N) is 1. The van der Waals surface area contributed by atoms with Crippen LogP contribution in [-0.4, -0.2) is 35.0 Å². The van der Waals surface area contributed by atoms with E-state index in [0.29, 0.717) is 10.4 Å². The van der Waals surface area contributed by atoms with Crippen LogP contribution in [0.5, 0.6) is 0 Å². The third kappa shape index (κ3) is 4.51. The molecule has 0 radical (unpaired) electrons.